The number of likely N-dealkylation sites (tertiary alicyclic amines) is 1. The van der Waals surface area contributed by atoms with Gasteiger partial charge in [0.05, 0.1) is 0 Å². The molecule has 0 aliphatic carbocycles. The van der Waals surface area contributed by atoms with Crippen LogP contribution in [0.25, 0.3) is 0 Å². The molecule has 20 heavy (non-hydrogen) atoms. The van der Waals surface area contributed by atoms with E-state index in [0.717, 1.165) is 6.42 Å². The van der Waals surface area contributed by atoms with Gasteiger partial charge in [-0.2, -0.15) is 0 Å². The van der Waals surface area contributed by atoms with Gasteiger partial charge in [-0.25, -0.2) is 0 Å². The van der Waals surface area contributed by atoms with Crippen LogP contribution in [0.5, 0.6) is 0 Å². The molecule has 1 atom stereocenters. The summed E-state index contributed by atoms with van der Waals surface area (Å²) in [7, 11) is 0. The van der Waals surface area contributed by atoms with Gasteiger partial charge < -0.3 is 4.90 Å². The van der Waals surface area contributed by atoms with Crippen LogP contribution in [0.2, 0.25) is 0 Å². The molecule has 1 rings (SSSR count). The van der Waals surface area contributed by atoms with Gasteiger partial charge in [-0.05, 0) is 18.9 Å². The zero-order chi connectivity index (χ0) is 15.9. The smallest absolute Gasteiger partial charge is 0.254 e. The summed E-state index contributed by atoms with van der Waals surface area (Å²) >= 11 is 0. The lowest BCUT2D eigenvalue weighted by atomic mass is 10.1. The van der Waals surface area contributed by atoms with Crippen LogP contribution < -0.4 is 5.32 Å². The summed E-state index contributed by atoms with van der Waals surface area (Å²) in [6.07, 6.45) is 2.54. The summed E-state index contributed by atoms with van der Waals surface area (Å²) < 4.78 is 0. The summed E-state index contributed by atoms with van der Waals surface area (Å²) in [5.41, 5.74) is 1.28. The number of allylic oxidation sites excluding steroid dienone is 1. The zero-order valence-electron chi connectivity index (χ0n) is 12.9. The Kier molecular flexibility index (Phi) is 7.51. The summed E-state index contributed by atoms with van der Waals surface area (Å²) in [6, 6.07) is -0.680. The van der Waals surface area contributed by atoms with Crippen molar-refractivity contribution in [3.05, 3.63) is 23.8 Å². The fourth-order valence-electron chi connectivity index (χ4n) is 1.84. The van der Waals surface area contributed by atoms with Gasteiger partial charge in [0.15, 0.2) is 0 Å². The van der Waals surface area contributed by atoms with E-state index in [4.69, 9.17) is 0 Å². The van der Waals surface area contributed by atoms with Gasteiger partial charge in [-0.3, -0.25) is 19.7 Å². The third-order valence-corrected chi connectivity index (χ3v) is 2.79. The molecule has 0 aromatic carbocycles. The van der Waals surface area contributed by atoms with Crippen molar-refractivity contribution in [2.24, 2.45) is 0 Å². The van der Waals surface area contributed by atoms with Gasteiger partial charge in [0.25, 0.3) is 5.91 Å². The maximum absolute atomic E-state index is 12.1. The lowest BCUT2D eigenvalue weighted by molar-refractivity contribution is -0.138. The first-order chi connectivity index (χ1) is 9.38. The van der Waals surface area contributed by atoms with E-state index in [0.29, 0.717) is 17.7 Å². The zero-order valence-corrected chi connectivity index (χ0v) is 12.9. The van der Waals surface area contributed by atoms with Crippen LogP contribution >= 0.6 is 0 Å². The highest BCUT2D eigenvalue weighted by Crippen LogP contribution is 2.24. The van der Waals surface area contributed by atoms with Crippen molar-refractivity contribution in [2.45, 2.75) is 47.1 Å². The first-order valence-electron chi connectivity index (χ1n) is 6.89. The monoisotopic (exact) mass is 280 g/mol. The van der Waals surface area contributed by atoms with Crippen LogP contribution in [-0.4, -0.2) is 35.2 Å². The number of nitrogens with one attached hydrogen (secondary N) is 1. The second-order valence-electron chi connectivity index (χ2n) is 4.28. The number of hydrogen-bond donors (Lipinski definition) is 1. The van der Waals surface area contributed by atoms with E-state index >= 15 is 0 Å². The SMILES string of the molecule is C=C1CN(C(C)C(=O)NC(C)=O)C(=O)/C1=C/CC.CC. The topological polar surface area (TPSA) is 66.5 Å². The number of hydrogen-bond acceptors (Lipinski definition) is 3. The molecule has 5 heteroatoms. The summed E-state index contributed by atoms with van der Waals surface area (Å²) in [6.45, 7) is 12.9. The third kappa shape index (κ3) is 4.33. The molecule has 0 radical (unpaired) electrons. The fraction of sp³-hybridized carbons (Fsp3) is 0.533. The number of imide groups is 1. The number of nitrogens with zero attached hydrogens (tertiary/aromatic N) is 1. The van der Waals surface area contributed by atoms with Crippen LogP contribution in [-0.2, 0) is 14.4 Å². The molecule has 0 spiro atoms. The van der Waals surface area contributed by atoms with Crippen LogP contribution in [0.15, 0.2) is 23.8 Å². The quantitative estimate of drug-likeness (QED) is 0.802. The van der Waals surface area contributed by atoms with Crippen LogP contribution in [0.3, 0.4) is 0 Å². The number of amides is 3. The van der Waals surface area contributed by atoms with Gasteiger partial charge >= 0.3 is 0 Å². The molecular formula is C15H24N2O3. The van der Waals surface area contributed by atoms with E-state index < -0.39 is 17.9 Å². The Hall–Kier alpha value is -1.91. The van der Waals surface area contributed by atoms with Crippen molar-refractivity contribution >= 4 is 17.7 Å². The van der Waals surface area contributed by atoms with E-state index in [1.807, 2.05) is 20.8 Å². The van der Waals surface area contributed by atoms with Gasteiger partial charge in [0.2, 0.25) is 11.8 Å². The maximum atomic E-state index is 12.1. The highest BCUT2D eigenvalue weighted by Gasteiger charge is 2.35. The average Bonchev–Trinajstić information content (AvgIpc) is 2.68. The molecule has 0 aromatic heterocycles. The highest BCUT2D eigenvalue weighted by molar-refractivity contribution is 6.05. The Morgan fingerprint density at radius 3 is 2.45 bits per heavy atom. The van der Waals surface area contributed by atoms with E-state index in [2.05, 4.69) is 11.9 Å². The van der Waals surface area contributed by atoms with E-state index in [-0.39, 0.29) is 5.91 Å². The molecule has 112 valence electrons. The standard InChI is InChI=1S/C13H18N2O3.C2H6/c1-5-6-11-8(2)7-15(13(11)18)9(3)12(17)14-10(4)16;1-2/h6,9H,2,5,7H2,1,3-4H3,(H,14,16,17);1-2H3/b11-6+;. The van der Waals surface area contributed by atoms with Crippen molar-refractivity contribution in [2.75, 3.05) is 6.54 Å². The molecule has 1 fully saturated rings. The van der Waals surface area contributed by atoms with Crippen molar-refractivity contribution in [1.82, 2.24) is 10.2 Å². The normalized spacial score (nSPS) is 17.6. The summed E-state index contributed by atoms with van der Waals surface area (Å²) in [5, 5.41) is 2.18. The van der Waals surface area contributed by atoms with E-state index in [1.54, 1.807) is 13.0 Å². The average molecular weight is 280 g/mol. The molecule has 3 amide bonds. The maximum Gasteiger partial charge on any atom is 0.254 e. The molecule has 1 N–H and O–H groups in total. The van der Waals surface area contributed by atoms with Gasteiger partial charge in [0.1, 0.15) is 6.04 Å². The Balaban J connectivity index is 0.00000172. The summed E-state index contributed by atoms with van der Waals surface area (Å²) in [5.74, 6) is -1.10. The Labute approximate surface area is 120 Å². The third-order valence-electron chi connectivity index (χ3n) is 2.79. The minimum Gasteiger partial charge on any atom is -0.323 e. The molecule has 1 aliphatic rings. The highest BCUT2D eigenvalue weighted by atomic mass is 16.2. The minimum absolute atomic E-state index is 0.201. The van der Waals surface area contributed by atoms with Crippen LogP contribution in [0, 0.1) is 0 Å². The molecule has 5 nitrogen and oxygen atoms in total. The Bertz CT molecular complexity index is 438. The van der Waals surface area contributed by atoms with Gasteiger partial charge in [-0.1, -0.05) is 33.4 Å². The summed E-state index contributed by atoms with van der Waals surface area (Å²) in [4.78, 5) is 36.0. The largest absolute Gasteiger partial charge is 0.323 e. The molecular weight excluding hydrogens is 256 g/mol. The van der Waals surface area contributed by atoms with Gasteiger partial charge in [-0.15, -0.1) is 0 Å². The molecule has 1 aliphatic heterocycles. The molecule has 0 aromatic rings. The Morgan fingerprint density at radius 1 is 1.45 bits per heavy atom. The van der Waals surface area contributed by atoms with Crippen molar-refractivity contribution in [3.63, 3.8) is 0 Å². The number of rotatable bonds is 3. The van der Waals surface area contributed by atoms with Crippen molar-refractivity contribution in [1.29, 1.82) is 0 Å². The Morgan fingerprint density at radius 2 is 2.00 bits per heavy atom. The molecule has 0 saturated carbocycles. The number of carbonyl (C=O) groups excluding carboxylic acids is 3. The van der Waals surface area contributed by atoms with Crippen LogP contribution in [0.1, 0.15) is 41.0 Å². The molecule has 1 heterocycles. The lowest BCUT2D eigenvalue weighted by Crippen LogP contribution is -2.47. The van der Waals surface area contributed by atoms with Gasteiger partial charge in [0, 0.05) is 19.0 Å². The minimum atomic E-state index is -0.680. The molecule has 0 bridgehead atoms. The molecule has 1 unspecified atom stereocenters. The lowest BCUT2D eigenvalue weighted by Gasteiger charge is -2.22. The fourth-order valence-corrected chi connectivity index (χ4v) is 1.84. The van der Waals surface area contributed by atoms with E-state index in [1.165, 1.54) is 11.8 Å². The molecule has 1 saturated heterocycles. The van der Waals surface area contributed by atoms with Crippen molar-refractivity contribution in [3.8, 4) is 0 Å². The first kappa shape index (κ1) is 18.1. The predicted molar refractivity (Wildman–Crippen MR) is 78.9 cm³/mol. The predicted octanol–water partition coefficient (Wildman–Crippen LogP) is 1.80. The number of carbonyl (C=O) groups is 3. The van der Waals surface area contributed by atoms with E-state index in [9.17, 15) is 14.4 Å². The van der Waals surface area contributed by atoms with Crippen LogP contribution in [0.4, 0.5) is 0 Å². The van der Waals surface area contributed by atoms with Crippen molar-refractivity contribution < 1.29 is 14.4 Å². The second-order valence-corrected chi connectivity index (χ2v) is 4.28. The second kappa shape index (κ2) is 8.30. The first-order valence-corrected chi connectivity index (χ1v) is 6.89.